The summed E-state index contributed by atoms with van der Waals surface area (Å²) < 4.78 is 5.15. The molecule has 1 aliphatic rings. The molecule has 1 aromatic heterocycles. The summed E-state index contributed by atoms with van der Waals surface area (Å²) in [7, 11) is 0. The van der Waals surface area contributed by atoms with Crippen molar-refractivity contribution in [1.82, 2.24) is 15.5 Å². The molecule has 0 saturated heterocycles. The second-order valence-corrected chi connectivity index (χ2v) is 4.74. The molecule has 94 valence electrons. The highest BCUT2D eigenvalue weighted by molar-refractivity contribution is 5.73. The molecule has 3 N–H and O–H groups in total. The number of amides is 1. The first-order chi connectivity index (χ1) is 8.01. The number of carbonyl (C=O) groups is 1. The van der Waals surface area contributed by atoms with Gasteiger partial charge in [0.05, 0.1) is 5.54 Å². The molecule has 1 aromatic rings. The van der Waals surface area contributed by atoms with E-state index in [0.29, 0.717) is 11.7 Å². The van der Waals surface area contributed by atoms with Crippen LogP contribution in [0.4, 0.5) is 0 Å². The molecule has 2 rings (SSSR count). The third-order valence-electron chi connectivity index (χ3n) is 3.17. The Bertz CT molecular complexity index is 409. The van der Waals surface area contributed by atoms with Crippen LogP contribution in [0, 0.1) is 0 Å². The van der Waals surface area contributed by atoms with Crippen LogP contribution in [0.3, 0.4) is 0 Å². The van der Waals surface area contributed by atoms with Crippen LogP contribution in [-0.4, -0.2) is 16.0 Å². The van der Waals surface area contributed by atoms with Crippen molar-refractivity contribution >= 4 is 5.91 Å². The fourth-order valence-electron chi connectivity index (χ4n) is 2.21. The van der Waals surface area contributed by atoms with E-state index in [1.807, 2.05) is 0 Å². The summed E-state index contributed by atoms with van der Waals surface area (Å²) in [6.07, 6.45) is 3.98. The van der Waals surface area contributed by atoms with Crippen LogP contribution in [0.25, 0.3) is 0 Å². The molecule has 0 bridgehead atoms. The molecule has 0 aliphatic heterocycles. The summed E-state index contributed by atoms with van der Waals surface area (Å²) in [4.78, 5) is 15.2. The van der Waals surface area contributed by atoms with Gasteiger partial charge in [0, 0.05) is 6.92 Å². The van der Waals surface area contributed by atoms with Crippen molar-refractivity contribution < 1.29 is 9.32 Å². The van der Waals surface area contributed by atoms with E-state index in [1.165, 1.54) is 6.92 Å². The van der Waals surface area contributed by atoms with Gasteiger partial charge in [0.15, 0.2) is 5.82 Å². The van der Waals surface area contributed by atoms with Crippen LogP contribution in [-0.2, 0) is 10.3 Å². The SMILES string of the molecule is CC(=O)NC(C)c1nc(C2(N)CCCC2)no1. The van der Waals surface area contributed by atoms with Crippen LogP contribution in [0.2, 0.25) is 0 Å². The molecule has 1 heterocycles. The van der Waals surface area contributed by atoms with Crippen molar-refractivity contribution in [1.29, 1.82) is 0 Å². The highest BCUT2D eigenvalue weighted by Gasteiger charge is 2.36. The van der Waals surface area contributed by atoms with E-state index in [-0.39, 0.29) is 11.9 Å². The molecule has 0 spiro atoms. The maximum Gasteiger partial charge on any atom is 0.248 e. The Morgan fingerprint density at radius 3 is 2.76 bits per heavy atom. The molecule has 6 heteroatoms. The lowest BCUT2D eigenvalue weighted by atomic mass is 9.99. The predicted molar refractivity (Wildman–Crippen MR) is 60.9 cm³/mol. The fourth-order valence-corrected chi connectivity index (χ4v) is 2.21. The highest BCUT2D eigenvalue weighted by atomic mass is 16.5. The third kappa shape index (κ3) is 2.46. The third-order valence-corrected chi connectivity index (χ3v) is 3.17. The van der Waals surface area contributed by atoms with Crippen LogP contribution in [0.1, 0.15) is 57.3 Å². The Kier molecular flexibility index (Phi) is 3.15. The Hall–Kier alpha value is -1.43. The van der Waals surface area contributed by atoms with E-state index in [9.17, 15) is 4.79 Å². The number of rotatable bonds is 3. The number of aromatic nitrogens is 2. The number of nitrogens with one attached hydrogen (secondary N) is 1. The minimum atomic E-state index is -0.447. The molecule has 1 aliphatic carbocycles. The summed E-state index contributed by atoms with van der Waals surface area (Å²) in [6, 6.07) is -0.279. The van der Waals surface area contributed by atoms with Crippen LogP contribution in [0.5, 0.6) is 0 Å². The summed E-state index contributed by atoms with van der Waals surface area (Å²) in [6.45, 7) is 3.26. The molecular formula is C11H18N4O2. The van der Waals surface area contributed by atoms with Crippen molar-refractivity contribution in [2.45, 2.75) is 51.1 Å². The van der Waals surface area contributed by atoms with Crippen molar-refractivity contribution in [3.05, 3.63) is 11.7 Å². The molecule has 0 aromatic carbocycles. The lowest BCUT2D eigenvalue weighted by Gasteiger charge is -2.17. The maximum atomic E-state index is 10.9. The zero-order chi connectivity index (χ0) is 12.5. The second-order valence-electron chi connectivity index (χ2n) is 4.74. The van der Waals surface area contributed by atoms with Gasteiger partial charge in [-0.3, -0.25) is 4.79 Å². The smallest absolute Gasteiger partial charge is 0.248 e. The molecule has 1 amide bonds. The Balaban J connectivity index is 2.12. The maximum absolute atomic E-state index is 10.9. The number of hydrogen-bond acceptors (Lipinski definition) is 5. The van der Waals surface area contributed by atoms with Gasteiger partial charge < -0.3 is 15.6 Å². The minimum Gasteiger partial charge on any atom is -0.345 e. The largest absolute Gasteiger partial charge is 0.345 e. The summed E-state index contributed by atoms with van der Waals surface area (Å²) in [5.74, 6) is 0.842. The highest BCUT2D eigenvalue weighted by Crippen LogP contribution is 2.34. The number of nitrogens with zero attached hydrogens (tertiary/aromatic N) is 2. The van der Waals surface area contributed by atoms with Crippen LogP contribution >= 0.6 is 0 Å². The van der Waals surface area contributed by atoms with E-state index in [0.717, 1.165) is 25.7 Å². The summed E-state index contributed by atoms with van der Waals surface area (Å²) >= 11 is 0. The Morgan fingerprint density at radius 1 is 1.53 bits per heavy atom. The van der Waals surface area contributed by atoms with Crippen molar-refractivity contribution in [3.8, 4) is 0 Å². The monoisotopic (exact) mass is 238 g/mol. The van der Waals surface area contributed by atoms with Crippen LogP contribution in [0.15, 0.2) is 4.52 Å². The molecule has 0 radical (unpaired) electrons. The lowest BCUT2D eigenvalue weighted by molar-refractivity contribution is -0.119. The van der Waals surface area contributed by atoms with E-state index in [2.05, 4.69) is 15.5 Å². The first-order valence-corrected chi connectivity index (χ1v) is 5.91. The Morgan fingerprint density at radius 2 is 2.18 bits per heavy atom. The zero-order valence-corrected chi connectivity index (χ0v) is 10.2. The quantitative estimate of drug-likeness (QED) is 0.819. The molecular weight excluding hydrogens is 220 g/mol. The van der Waals surface area contributed by atoms with E-state index >= 15 is 0 Å². The number of hydrogen-bond donors (Lipinski definition) is 2. The van der Waals surface area contributed by atoms with Gasteiger partial charge in [0.2, 0.25) is 11.8 Å². The summed E-state index contributed by atoms with van der Waals surface area (Å²) in [5, 5.41) is 6.64. The normalized spacial score (nSPS) is 20.2. The molecule has 17 heavy (non-hydrogen) atoms. The van der Waals surface area contributed by atoms with Crippen molar-refractivity contribution in [2.24, 2.45) is 5.73 Å². The second kappa shape index (κ2) is 4.44. The molecule has 1 fully saturated rings. The molecule has 1 atom stereocenters. The average Bonchev–Trinajstić information content (AvgIpc) is 2.85. The summed E-state index contributed by atoms with van der Waals surface area (Å²) in [5.41, 5.74) is 5.78. The topological polar surface area (TPSA) is 94.0 Å². The van der Waals surface area contributed by atoms with Gasteiger partial charge in [-0.05, 0) is 19.8 Å². The van der Waals surface area contributed by atoms with Gasteiger partial charge in [0.1, 0.15) is 6.04 Å². The Labute approximate surface area is 99.9 Å². The standard InChI is InChI=1S/C11H18N4O2/c1-7(13-8(2)16)9-14-10(15-17-9)11(12)5-3-4-6-11/h7H,3-6,12H2,1-2H3,(H,13,16). The van der Waals surface area contributed by atoms with Crippen molar-refractivity contribution in [3.63, 3.8) is 0 Å². The average molecular weight is 238 g/mol. The van der Waals surface area contributed by atoms with E-state index < -0.39 is 5.54 Å². The van der Waals surface area contributed by atoms with Gasteiger partial charge in [-0.1, -0.05) is 18.0 Å². The lowest BCUT2D eigenvalue weighted by Crippen LogP contribution is -2.34. The van der Waals surface area contributed by atoms with E-state index in [4.69, 9.17) is 10.3 Å². The van der Waals surface area contributed by atoms with Crippen LogP contribution < -0.4 is 11.1 Å². The molecule has 1 unspecified atom stereocenters. The number of carbonyl (C=O) groups excluding carboxylic acids is 1. The van der Waals surface area contributed by atoms with Gasteiger partial charge in [-0.2, -0.15) is 4.98 Å². The predicted octanol–water partition coefficient (Wildman–Crippen LogP) is 0.995. The first-order valence-electron chi connectivity index (χ1n) is 5.91. The first kappa shape index (κ1) is 12.0. The minimum absolute atomic E-state index is 0.124. The van der Waals surface area contributed by atoms with E-state index in [1.54, 1.807) is 6.92 Å². The zero-order valence-electron chi connectivity index (χ0n) is 10.2. The molecule has 1 saturated carbocycles. The van der Waals surface area contributed by atoms with Crippen molar-refractivity contribution in [2.75, 3.05) is 0 Å². The fraction of sp³-hybridized carbons (Fsp3) is 0.727. The van der Waals surface area contributed by atoms with Gasteiger partial charge in [-0.25, -0.2) is 0 Å². The van der Waals surface area contributed by atoms with Gasteiger partial charge in [-0.15, -0.1) is 0 Å². The number of nitrogens with two attached hydrogens (primary N) is 1. The molecule has 6 nitrogen and oxygen atoms in total. The van der Waals surface area contributed by atoms with Gasteiger partial charge >= 0.3 is 0 Å². The van der Waals surface area contributed by atoms with Gasteiger partial charge in [0.25, 0.3) is 0 Å².